The van der Waals surface area contributed by atoms with E-state index in [9.17, 15) is 0 Å². The van der Waals surface area contributed by atoms with Crippen LogP contribution < -0.4 is 4.74 Å². The van der Waals surface area contributed by atoms with Gasteiger partial charge in [0.05, 0.1) is 26.0 Å². The summed E-state index contributed by atoms with van der Waals surface area (Å²) in [5.74, 6) is 1.31. The van der Waals surface area contributed by atoms with Gasteiger partial charge in [-0.25, -0.2) is 4.98 Å². The van der Waals surface area contributed by atoms with E-state index in [0.29, 0.717) is 5.92 Å². The molecule has 0 radical (unpaired) electrons. The van der Waals surface area contributed by atoms with Crippen LogP contribution in [0.4, 0.5) is 0 Å². The Morgan fingerprint density at radius 1 is 1.29 bits per heavy atom. The summed E-state index contributed by atoms with van der Waals surface area (Å²) in [6.07, 6.45) is 4.26. The fourth-order valence-electron chi connectivity index (χ4n) is 2.67. The summed E-state index contributed by atoms with van der Waals surface area (Å²) in [7, 11) is 1.70. The fraction of sp³-hybridized carbons (Fsp3) is 0.562. The molecule has 0 atom stereocenters. The van der Waals surface area contributed by atoms with Crippen molar-refractivity contribution in [2.24, 2.45) is 0 Å². The SMILES string of the molecule is COc1cc(C(C)C)cn2cc(CN3CCOCC3)nc12. The van der Waals surface area contributed by atoms with Crippen LogP contribution in [0.3, 0.4) is 0 Å². The van der Waals surface area contributed by atoms with Crippen LogP contribution in [0, 0.1) is 0 Å². The van der Waals surface area contributed by atoms with Crippen molar-refractivity contribution in [1.29, 1.82) is 0 Å². The number of hydrogen-bond acceptors (Lipinski definition) is 4. The smallest absolute Gasteiger partial charge is 0.179 e. The Balaban J connectivity index is 1.91. The van der Waals surface area contributed by atoms with Crippen molar-refractivity contribution in [1.82, 2.24) is 14.3 Å². The minimum atomic E-state index is 0.466. The Kier molecular flexibility index (Phi) is 4.12. The first-order valence-corrected chi connectivity index (χ1v) is 7.53. The van der Waals surface area contributed by atoms with Crippen LogP contribution in [-0.2, 0) is 11.3 Å². The molecule has 5 nitrogen and oxygen atoms in total. The molecule has 0 spiro atoms. The van der Waals surface area contributed by atoms with E-state index in [2.05, 4.69) is 41.6 Å². The lowest BCUT2D eigenvalue weighted by Crippen LogP contribution is -2.35. The summed E-state index contributed by atoms with van der Waals surface area (Å²) in [5, 5.41) is 0. The average molecular weight is 289 g/mol. The van der Waals surface area contributed by atoms with Crippen molar-refractivity contribution in [3.63, 3.8) is 0 Å². The first kappa shape index (κ1) is 14.4. The van der Waals surface area contributed by atoms with E-state index in [0.717, 1.165) is 49.9 Å². The molecule has 0 bridgehead atoms. The summed E-state index contributed by atoms with van der Waals surface area (Å²) in [6, 6.07) is 2.09. The van der Waals surface area contributed by atoms with Crippen molar-refractivity contribution < 1.29 is 9.47 Å². The number of methoxy groups -OCH3 is 1. The molecule has 3 heterocycles. The number of pyridine rings is 1. The second-order valence-corrected chi connectivity index (χ2v) is 5.85. The molecular formula is C16H23N3O2. The average Bonchev–Trinajstić information content (AvgIpc) is 2.89. The fourth-order valence-corrected chi connectivity index (χ4v) is 2.67. The summed E-state index contributed by atoms with van der Waals surface area (Å²) >= 11 is 0. The highest BCUT2D eigenvalue weighted by Crippen LogP contribution is 2.25. The molecule has 1 saturated heterocycles. The van der Waals surface area contributed by atoms with Gasteiger partial charge in [0, 0.05) is 32.0 Å². The number of aromatic nitrogens is 2. The van der Waals surface area contributed by atoms with Crippen LogP contribution in [0.5, 0.6) is 5.75 Å². The lowest BCUT2D eigenvalue weighted by molar-refractivity contribution is 0.0337. The van der Waals surface area contributed by atoms with E-state index in [1.165, 1.54) is 5.56 Å². The quantitative estimate of drug-likeness (QED) is 0.866. The molecule has 21 heavy (non-hydrogen) atoms. The topological polar surface area (TPSA) is 39.0 Å². The number of imidazole rings is 1. The lowest BCUT2D eigenvalue weighted by atomic mass is 10.1. The molecule has 1 aliphatic rings. The molecule has 0 aliphatic carbocycles. The summed E-state index contributed by atoms with van der Waals surface area (Å²) < 4.78 is 13.0. The number of hydrogen-bond donors (Lipinski definition) is 0. The van der Waals surface area contributed by atoms with Crippen LogP contribution in [0.15, 0.2) is 18.5 Å². The lowest BCUT2D eigenvalue weighted by Gasteiger charge is -2.25. The van der Waals surface area contributed by atoms with E-state index in [1.54, 1.807) is 7.11 Å². The Hall–Kier alpha value is -1.59. The van der Waals surface area contributed by atoms with Crippen molar-refractivity contribution in [3.05, 3.63) is 29.7 Å². The van der Waals surface area contributed by atoms with Gasteiger partial charge in [0.15, 0.2) is 11.4 Å². The normalized spacial score (nSPS) is 16.8. The number of ether oxygens (including phenoxy) is 2. The van der Waals surface area contributed by atoms with Gasteiger partial charge in [-0.3, -0.25) is 4.90 Å². The highest BCUT2D eigenvalue weighted by molar-refractivity contribution is 5.56. The zero-order chi connectivity index (χ0) is 14.8. The summed E-state index contributed by atoms with van der Waals surface area (Å²) in [4.78, 5) is 7.11. The van der Waals surface area contributed by atoms with Crippen molar-refractivity contribution in [2.45, 2.75) is 26.3 Å². The minimum Gasteiger partial charge on any atom is -0.493 e. The third kappa shape index (κ3) is 3.04. The van der Waals surface area contributed by atoms with E-state index in [4.69, 9.17) is 14.5 Å². The largest absolute Gasteiger partial charge is 0.493 e. The molecular weight excluding hydrogens is 266 g/mol. The molecule has 0 saturated carbocycles. The van der Waals surface area contributed by atoms with E-state index >= 15 is 0 Å². The highest BCUT2D eigenvalue weighted by Gasteiger charge is 2.15. The van der Waals surface area contributed by atoms with E-state index < -0.39 is 0 Å². The summed E-state index contributed by atoms with van der Waals surface area (Å²) in [5.41, 5.74) is 3.23. The van der Waals surface area contributed by atoms with E-state index in [-0.39, 0.29) is 0 Å². The molecule has 2 aromatic heterocycles. The maximum absolute atomic E-state index is 5.50. The molecule has 2 aromatic rings. The second kappa shape index (κ2) is 6.03. The highest BCUT2D eigenvalue weighted by atomic mass is 16.5. The minimum absolute atomic E-state index is 0.466. The first-order chi connectivity index (χ1) is 10.2. The molecule has 0 amide bonds. The van der Waals surface area contributed by atoms with Gasteiger partial charge in [0.1, 0.15) is 0 Å². The third-order valence-corrected chi connectivity index (χ3v) is 3.96. The molecule has 114 valence electrons. The predicted molar refractivity (Wildman–Crippen MR) is 81.9 cm³/mol. The zero-order valence-electron chi connectivity index (χ0n) is 13.0. The number of fused-ring (bicyclic) bond motifs is 1. The Labute approximate surface area is 125 Å². The van der Waals surface area contributed by atoms with Gasteiger partial charge >= 0.3 is 0 Å². The monoisotopic (exact) mass is 289 g/mol. The molecule has 0 N–H and O–H groups in total. The Morgan fingerprint density at radius 3 is 2.71 bits per heavy atom. The molecule has 1 aliphatic heterocycles. The molecule has 3 rings (SSSR count). The standard InChI is InChI=1S/C16H23N3O2/c1-12(2)13-8-15(20-3)16-17-14(11-19(16)9-13)10-18-4-6-21-7-5-18/h8-9,11-12H,4-7,10H2,1-3H3. The van der Waals surface area contributed by atoms with Gasteiger partial charge in [-0.1, -0.05) is 13.8 Å². The summed E-state index contributed by atoms with van der Waals surface area (Å²) in [6.45, 7) is 8.82. The second-order valence-electron chi connectivity index (χ2n) is 5.85. The number of rotatable bonds is 4. The molecule has 0 unspecified atom stereocenters. The molecule has 1 fully saturated rings. The van der Waals surface area contributed by atoms with Crippen LogP contribution in [0.2, 0.25) is 0 Å². The third-order valence-electron chi connectivity index (χ3n) is 3.96. The maximum Gasteiger partial charge on any atom is 0.179 e. The molecule has 5 heteroatoms. The van der Waals surface area contributed by atoms with Gasteiger partial charge < -0.3 is 13.9 Å². The maximum atomic E-state index is 5.50. The van der Waals surface area contributed by atoms with Gasteiger partial charge in [0.25, 0.3) is 0 Å². The van der Waals surface area contributed by atoms with Gasteiger partial charge in [-0.15, -0.1) is 0 Å². The van der Waals surface area contributed by atoms with Gasteiger partial charge in [-0.05, 0) is 17.5 Å². The zero-order valence-corrected chi connectivity index (χ0v) is 13.0. The molecule has 0 aromatic carbocycles. The van der Waals surface area contributed by atoms with Gasteiger partial charge in [-0.2, -0.15) is 0 Å². The van der Waals surface area contributed by atoms with E-state index in [1.807, 2.05) is 0 Å². The predicted octanol–water partition coefficient (Wildman–Crippen LogP) is 2.30. The van der Waals surface area contributed by atoms with Crippen LogP contribution in [0.25, 0.3) is 5.65 Å². The van der Waals surface area contributed by atoms with Crippen molar-refractivity contribution in [3.8, 4) is 5.75 Å². The van der Waals surface area contributed by atoms with Crippen molar-refractivity contribution >= 4 is 5.65 Å². The van der Waals surface area contributed by atoms with Crippen LogP contribution in [0.1, 0.15) is 31.0 Å². The number of morpholine rings is 1. The Morgan fingerprint density at radius 2 is 2.05 bits per heavy atom. The Bertz CT molecular complexity index is 615. The van der Waals surface area contributed by atoms with Crippen LogP contribution in [-0.4, -0.2) is 47.7 Å². The van der Waals surface area contributed by atoms with Crippen LogP contribution >= 0.6 is 0 Å². The first-order valence-electron chi connectivity index (χ1n) is 7.53. The van der Waals surface area contributed by atoms with Gasteiger partial charge in [0.2, 0.25) is 0 Å². The number of nitrogens with zero attached hydrogens (tertiary/aromatic N) is 3. The van der Waals surface area contributed by atoms with Crippen molar-refractivity contribution in [2.75, 3.05) is 33.4 Å².